The van der Waals surface area contributed by atoms with Crippen LogP contribution in [0.4, 0.5) is 0 Å². The standard InChI is InChI=1S/C35H64B5N3O3/c1-13-24(14-2)26(44)30(39-37)43-35(22-10,23-11)34(20-8,21-9)27(45)29(36)42-32(12,17-5)33(18-6,19-7)28(46)31(40-38)41-25(15-3)16-4/h13,24-25,29-31,41-43H,1,14-23H2,2-12H3. The summed E-state index contributed by atoms with van der Waals surface area (Å²) in [6.07, 6.45) is 7.88. The van der Waals surface area contributed by atoms with E-state index < -0.39 is 39.7 Å². The number of ketones is 3. The van der Waals surface area contributed by atoms with Gasteiger partial charge in [0.1, 0.15) is 25.2 Å². The first-order valence-corrected chi connectivity index (χ1v) is 18.1. The average Bonchev–Trinajstić information content (AvgIpc) is 3.08. The average molecular weight is 629 g/mol. The van der Waals surface area contributed by atoms with Crippen LogP contribution in [0.1, 0.15) is 140 Å². The molecule has 0 aliphatic carbocycles. The molecule has 8 radical (unpaired) electrons. The van der Waals surface area contributed by atoms with Gasteiger partial charge in [-0.2, -0.15) is 0 Å². The quantitative estimate of drug-likeness (QED) is 0.0884. The first kappa shape index (κ1) is 45.0. The van der Waals surface area contributed by atoms with E-state index in [4.69, 9.17) is 23.3 Å². The number of rotatable bonds is 27. The molecule has 0 spiro atoms. The third-order valence-electron chi connectivity index (χ3n) is 11.9. The predicted octanol–water partition coefficient (Wildman–Crippen LogP) is 4.93. The summed E-state index contributed by atoms with van der Waals surface area (Å²) >= 11 is 0. The Bertz CT molecular complexity index is 952. The van der Waals surface area contributed by atoms with Crippen molar-refractivity contribution >= 4 is 55.0 Å². The molecule has 0 aliphatic rings. The fraction of sp³-hybridized carbons (Fsp3) is 0.857. The zero-order valence-electron chi connectivity index (χ0n) is 31.4. The van der Waals surface area contributed by atoms with Gasteiger partial charge in [-0.05, 0) is 71.1 Å². The van der Waals surface area contributed by atoms with Crippen molar-refractivity contribution in [2.75, 3.05) is 0 Å². The summed E-state index contributed by atoms with van der Waals surface area (Å²) in [6, 6.07) is 0.156. The van der Waals surface area contributed by atoms with Crippen molar-refractivity contribution in [2.45, 2.75) is 175 Å². The predicted molar refractivity (Wildman–Crippen MR) is 201 cm³/mol. The van der Waals surface area contributed by atoms with Crippen molar-refractivity contribution in [1.82, 2.24) is 16.0 Å². The summed E-state index contributed by atoms with van der Waals surface area (Å²) in [5.74, 6) is -3.00. The molecule has 0 heterocycles. The molecule has 5 unspecified atom stereocenters. The molecule has 0 aromatic heterocycles. The minimum Gasteiger partial charge on any atom is -0.313 e. The number of nitrogens with one attached hydrogen (secondary N) is 3. The zero-order chi connectivity index (χ0) is 35.9. The smallest absolute Gasteiger partial charge is 0.148 e. The highest BCUT2D eigenvalue weighted by Crippen LogP contribution is 2.47. The molecule has 6 nitrogen and oxygen atoms in total. The van der Waals surface area contributed by atoms with Gasteiger partial charge in [0.25, 0.3) is 0 Å². The summed E-state index contributed by atoms with van der Waals surface area (Å²) < 4.78 is 0. The highest BCUT2D eigenvalue weighted by Gasteiger charge is 2.56. The molecule has 3 N–H and O–H groups in total. The number of Topliss-reactive ketones (excluding diaryl/α,β-unsaturated/α-hetero) is 3. The lowest BCUT2D eigenvalue weighted by atomic mass is 9.45. The topological polar surface area (TPSA) is 87.3 Å². The molecule has 0 rings (SSSR count). The van der Waals surface area contributed by atoms with E-state index in [9.17, 15) is 14.4 Å². The van der Waals surface area contributed by atoms with Gasteiger partial charge in [-0.15, -0.1) is 6.58 Å². The number of hydrogen-bond donors (Lipinski definition) is 3. The largest absolute Gasteiger partial charge is 0.313 e. The van der Waals surface area contributed by atoms with E-state index >= 15 is 0 Å². The minimum atomic E-state index is -1.06. The van der Waals surface area contributed by atoms with E-state index in [0.29, 0.717) is 51.4 Å². The van der Waals surface area contributed by atoms with Gasteiger partial charge in [0.15, 0.2) is 0 Å². The van der Waals surface area contributed by atoms with Crippen LogP contribution < -0.4 is 16.0 Å². The Labute approximate surface area is 289 Å². The van der Waals surface area contributed by atoms with Crippen molar-refractivity contribution in [2.24, 2.45) is 16.7 Å². The SMILES string of the molecule is [B][B]C(NC(CC)(CC)C(CC)(CC)C(=O)C([B])NC(C)(CC)C(CC)(CC)C(=O)C([B][B])NC(CC)CC)C(=O)C(C=C)CC. The highest BCUT2D eigenvalue weighted by molar-refractivity contribution is 6.92. The first-order chi connectivity index (χ1) is 21.7. The van der Waals surface area contributed by atoms with E-state index in [-0.39, 0.29) is 29.3 Å². The van der Waals surface area contributed by atoms with Crippen LogP contribution in [0.3, 0.4) is 0 Å². The lowest BCUT2D eigenvalue weighted by Gasteiger charge is -2.54. The fourth-order valence-corrected chi connectivity index (χ4v) is 8.24. The van der Waals surface area contributed by atoms with Gasteiger partial charge in [-0.25, -0.2) is 0 Å². The summed E-state index contributed by atoms with van der Waals surface area (Å²) in [7, 11) is 21.9. The van der Waals surface area contributed by atoms with Crippen molar-refractivity contribution in [3.8, 4) is 0 Å². The van der Waals surface area contributed by atoms with Crippen LogP contribution in [0.5, 0.6) is 0 Å². The van der Waals surface area contributed by atoms with Gasteiger partial charge in [0, 0.05) is 67.2 Å². The summed E-state index contributed by atoms with van der Waals surface area (Å²) in [4.78, 5) is 42.8. The summed E-state index contributed by atoms with van der Waals surface area (Å²) in [6.45, 7) is 26.1. The fourth-order valence-electron chi connectivity index (χ4n) is 8.24. The maximum absolute atomic E-state index is 14.9. The number of carbonyl (C=O) groups excluding carboxylic acids is 3. The molecule has 252 valence electrons. The highest BCUT2D eigenvalue weighted by atomic mass is 16.1. The van der Waals surface area contributed by atoms with Crippen molar-refractivity contribution in [3.63, 3.8) is 0 Å². The Morgan fingerprint density at radius 2 is 1.17 bits per heavy atom. The van der Waals surface area contributed by atoms with Crippen LogP contribution in [0, 0.1) is 16.7 Å². The third kappa shape index (κ3) is 8.94. The number of allylic oxidation sites excluding steroid dienone is 1. The molecule has 0 aliphatic heterocycles. The third-order valence-corrected chi connectivity index (χ3v) is 11.9. The van der Waals surface area contributed by atoms with Crippen LogP contribution in [-0.4, -0.2) is 90.0 Å². The molecule has 0 fully saturated rings. The zero-order valence-corrected chi connectivity index (χ0v) is 31.4. The molecule has 46 heavy (non-hydrogen) atoms. The second-order valence-electron chi connectivity index (χ2n) is 13.2. The van der Waals surface area contributed by atoms with Crippen molar-refractivity contribution < 1.29 is 14.4 Å². The second kappa shape index (κ2) is 20.5. The Hall–Kier alpha value is -1.05. The molecule has 5 atom stereocenters. The lowest BCUT2D eigenvalue weighted by Crippen LogP contribution is -2.71. The van der Waals surface area contributed by atoms with E-state index in [1.54, 1.807) is 6.08 Å². The molecule has 0 aromatic carbocycles. The van der Waals surface area contributed by atoms with Gasteiger partial charge in [0.2, 0.25) is 0 Å². The minimum absolute atomic E-state index is 0.00584. The Balaban J connectivity index is 6.95. The molecule has 11 heteroatoms. The molecule has 0 saturated heterocycles. The molecular formula is C35H64B5N3O3. The first-order valence-electron chi connectivity index (χ1n) is 18.1. The van der Waals surface area contributed by atoms with Gasteiger partial charge < -0.3 is 16.0 Å². The number of hydrogen-bond acceptors (Lipinski definition) is 6. The van der Waals surface area contributed by atoms with Crippen molar-refractivity contribution in [1.29, 1.82) is 0 Å². The van der Waals surface area contributed by atoms with Crippen LogP contribution in [0.15, 0.2) is 12.7 Å². The van der Waals surface area contributed by atoms with Crippen LogP contribution >= 0.6 is 0 Å². The van der Waals surface area contributed by atoms with Crippen LogP contribution in [0.2, 0.25) is 0 Å². The molecule has 0 saturated carbocycles. The van der Waals surface area contributed by atoms with Crippen molar-refractivity contribution in [3.05, 3.63) is 12.7 Å². The monoisotopic (exact) mass is 630 g/mol. The van der Waals surface area contributed by atoms with Gasteiger partial charge in [0.05, 0.1) is 14.3 Å². The number of carbonyl (C=O) groups is 3. The van der Waals surface area contributed by atoms with E-state index in [2.05, 4.69) is 36.4 Å². The summed E-state index contributed by atoms with van der Waals surface area (Å²) in [5.41, 5.74) is -3.36. The maximum Gasteiger partial charge on any atom is 0.148 e. The van der Waals surface area contributed by atoms with Gasteiger partial charge in [-0.3, -0.25) is 14.4 Å². The Morgan fingerprint density at radius 1 is 0.696 bits per heavy atom. The molecular weight excluding hydrogens is 564 g/mol. The van der Waals surface area contributed by atoms with E-state index in [0.717, 1.165) is 12.8 Å². The van der Waals surface area contributed by atoms with E-state index in [1.807, 2.05) is 62.3 Å². The Kier molecular flexibility index (Phi) is 20.0. The molecule has 0 amide bonds. The normalized spacial score (nSPS) is 16.6. The Morgan fingerprint density at radius 3 is 1.50 bits per heavy atom. The van der Waals surface area contributed by atoms with Crippen LogP contribution in [-0.2, 0) is 14.4 Å². The molecule has 0 bridgehead atoms. The van der Waals surface area contributed by atoms with Gasteiger partial charge in [-0.1, -0.05) is 75.3 Å². The second-order valence-corrected chi connectivity index (χ2v) is 13.2. The van der Waals surface area contributed by atoms with E-state index in [1.165, 1.54) is 14.3 Å². The summed E-state index contributed by atoms with van der Waals surface area (Å²) in [5, 5.41) is 10.6. The van der Waals surface area contributed by atoms with Crippen LogP contribution in [0.25, 0.3) is 0 Å². The maximum atomic E-state index is 14.9. The van der Waals surface area contributed by atoms with Gasteiger partial charge >= 0.3 is 0 Å². The lowest BCUT2D eigenvalue weighted by molar-refractivity contribution is -0.141. The molecule has 0 aromatic rings.